The van der Waals surface area contributed by atoms with Crippen LogP contribution in [0.3, 0.4) is 0 Å². The SMILES string of the molecule is c1ccc([Si](CN2CCCCC2)c2ccccc2)cc1. The Bertz CT molecular complexity index is 466. The molecule has 0 aliphatic carbocycles. The van der Waals surface area contributed by atoms with Gasteiger partial charge in [0.25, 0.3) is 0 Å². The molecule has 2 aromatic carbocycles. The van der Waals surface area contributed by atoms with Crippen LogP contribution in [0.2, 0.25) is 0 Å². The molecule has 0 atom stereocenters. The minimum atomic E-state index is -0.673. The molecule has 0 amide bonds. The van der Waals surface area contributed by atoms with Crippen molar-refractivity contribution in [3.8, 4) is 0 Å². The second kappa shape index (κ2) is 6.87. The van der Waals surface area contributed by atoms with Crippen LogP contribution >= 0.6 is 0 Å². The normalized spacial score (nSPS) is 16.4. The highest BCUT2D eigenvalue weighted by molar-refractivity contribution is 6.85. The van der Waals surface area contributed by atoms with Crippen LogP contribution in [-0.2, 0) is 0 Å². The molecule has 0 saturated carbocycles. The Labute approximate surface area is 123 Å². The third kappa shape index (κ3) is 3.38. The molecule has 3 rings (SSSR count). The Morgan fingerprint density at radius 1 is 0.700 bits per heavy atom. The molecule has 103 valence electrons. The fraction of sp³-hybridized carbons (Fsp3) is 0.333. The highest BCUT2D eigenvalue weighted by Crippen LogP contribution is 2.09. The van der Waals surface area contributed by atoms with Gasteiger partial charge in [-0.15, -0.1) is 0 Å². The summed E-state index contributed by atoms with van der Waals surface area (Å²) in [5.41, 5.74) is 0. The number of likely N-dealkylation sites (tertiary alicyclic amines) is 1. The summed E-state index contributed by atoms with van der Waals surface area (Å²) in [4.78, 5) is 2.68. The van der Waals surface area contributed by atoms with Crippen LogP contribution < -0.4 is 10.4 Å². The van der Waals surface area contributed by atoms with E-state index in [2.05, 4.69) is 65.6 Å². The van der Waals surface area contributed by atoms with E-state index in [0.29, 0.717) is 0 Å². The lowest BCUT2D eigenvalue weighted by molar-refractivity contribution is 0.262. The zero-order chi connectivity index (χ0) is 13.6. The molecule has 2 heteroatoms. The Hall–Kier alpha value is -1.38. The predicted molar refractivity (Wildman–Crippen MR) is 88.2 cm³/mol. The third-order valence-electron chi connectivity index (χ3n) is 4.07. The van der Waals surface area contributed by atoms with Crippen molar-refractivity contribution in [3.05, 3.63) is 60.7 Å². The van der Waals surface area contributed by atoms with Crippen LogP contribution in [0.5, 0.6) is 0 Å². The zero-order valence-electron chi connectivity index (χ0n) is 12.0. The van der Waals surface area contributed by atoms with E-state index in [0.717, 1.165) is 0 Å². The fourth-order valence-electron chi connectivity index (χ4n) is 2.97. The van der Waals surface area contributed by atoms with Gasteiger partial charge in [0.05, 0.1) is 0 Å². The minimum Gasteiger partial charge on any atom is -0.306 e. The van der Waals surface area contributed by atoms with Gasteiger partial charge in [-0.25, -0.2) is 0 Å². The highest BCUT2D eigenvalue weighted by Gasteiger charge is 2.21. The van der Waals surface area contributed by atoms with E-state index >= 15 is 0 Å². The lowest BCUT2D eigenvalue weighted by Crippen LogP contribution is -2.52. The van der Waals surface area contributed by atoms with Crippen LogP contribution in [0.1, 0.15) is 19.3 Å². The molecular formula is C18H22NSi. The second-order valence-corrected chi connectivity index (χ2v) is 7.98. The molecule has 0 bridgehead atoms. The monoisotopic (exact) mass is 280 g/mol. The number of benzene rings is 2. The molecule has 1 radical (unpaired) electrons. The molecule has 2 aromatic rings. The largest absolute Gasteiger partial charge is 0.306 e. The van der Waals surface area contributed by atoms with Crippen LogP contribution in [0, 0.1) is 0 Å². The van der Waals surface area contributed by atoms with Crippen molar-refractivity contribution < 1.29 is 0 Å². The van der Waals surface area contributed by atoms with Gasteiger partial charge in [-0.1, -0.05) is 77.5 Å². The molecular weight excluding hydrogens is 258 g/mol. The van der Waals surface area contributed by atoms with E-state index in [9.17, 15) is 0 Å². The maximum Gasteiger partial charge on any atom is 0.136 e. The smallest absolute Gasteiger partial charge is 0.136 e. The van der Waals surface area contributed by atoms with Crippen molar-refractivity contribution in [2.24, 2.45) is 0 Å². The van der Waals surface area contributed by atoms with Crippen molar-refractivity contribution in [1.82, 2.24) is 4.90 Å². The number of nitrogens with zero attached hydrogens (tertiary/aromatic N) is 1. The molecule has 1 saturated heterocycles. The summed E-state index contributed by atoms with van der Waals surface area (Å²) in [7, 11) is -0.673. The third-order valence-corrected chi connectivity index (χ3v) is 6.90. The molecule has 0 spiro atoms. The Balaban J connectivity index is 1.83. The van der Waals surface area contributed by atoms with Gasteiger partial charge in [0.15, 0.2) is 0 Å². The quantitative estimate of drug-likeness (QED) is 0.777. The lowest BCUT2D eigenvalue weighted by atomic mass is 10.1. The zero-order valence-corrected chi connectivity index (χ0v) is 13.0. The van der Waals surface area contributed by atoms with E-state index in [1.807, 2.05) is 0 Å². The molecule has 1 fully saturated rings. The Kier molecular flexibility index (Phi) is 4.67. The van der Waals surface area contributed by atoms with Crippen LogP contribution in [0.15, 0.2) is 60.7 Å². The van der Waals surface area contributed by atoms with Gasteiger partial charge >= 0.3 is 0 Å². The lowest BCUT2D eigenvalue weighted by Gasteiger charge is -2.30. The first-order valence-corrected chi connectivity index (χ1v) is 9.33. The average Bonchev–Trinajstić information content (AvgIpc) is 2.55. The van der Waals surface area contributed by atoms with Gasteiger partial charge in [-0.05, 0) is 25.9 Å². The number of piperidine rings is 1. The van der Waals surface area contributed by atoms with Crippen molar-refractivity contribution in [3.63, 3.8) is 0 Å². The molecule has 1 heterocycles. The molecule has 0 N–H and O–H groups in total. The molecule has 1 aliphatic heterocycles. The first-order valence-electron chi connectivity index (χ1n) is 7.62. The average molecular weight is 280 g/mol. The summed E-state index contributed by atoms with van der Waals surface area (Å²) in [6.07, 6.45) is 5.41. The second-order valence-electron chi connectivity index (χ2n) is 5.55. The summed E-state index contributed by atoms with van der Waals surface area (Å²) in [5.74, 6) is 0. The summed E-state index contributed by atoms with van der Waals surface area (Å²) >= 11 is 0. The predicted octanol–water partition coefficient (Wildman–Crippen LogP) is 2.32. The van der Waals surface area contributed by atoms with Crippen molar-refractivity contribution in [1.29, 1.82) is 0 Å². The number of hydrogen-bond donors (Lipinski definition) is 0. The molecule has 0 aromatic heterocycles. The molecule has 20 heavy (non-hydrogen) atoms. The maximum absolute atomic E-state index is 2.68. The number of hydrogen-bond acceptors (Lipinski definition) is 1. The van der Waals surface area contributed by atoms with Gasteiger partial charge in [0.1, 0.15) is 8.80 Å². The first kappa shape index (κ1) is 13.6. The van der Waals surface area contributed by atoms with Gasteiger partial charge in [0.2, 0.25) is 0 Å². The fourth-order valence-corrected chi connectivity index (χ4v) is 5.62. The molecule has 0 unspecified atom stereocenters. The van der Waals surface area contributed by atoms with Crippen molar-refractivity contribution >= 4 is 19.2 Å². The summed E-state index contributed by atoms with van der Waals surface area (Å²) < 4.78 is 0. The van der Waals surface area contributed by atoms with Crippen molar-refractivity contribution in [2.75, 3.05) is 19.3 Å². The molecule has 1 nitrogen and oxygen atoms in total. The minimum absolute atomic E-state index is 0.673. The Morgan fingerprint density at radius 2 is 1.20 bits per heavy atom. The van der Waals surface area contributed by atoms with Gasteiger partial charge in [0, 0.05) is 6.17 Å². The summed E-state index contributed by atoms with van der Waals surface area (Å²) in [6.45, 7) is 2.57. The summed E-state index contributed by atoms with van der Waals surface area (Å²) in [6, 6.07) is 22.2. The van der Waals surface area contributed by atoms with Gasteiger partial charge in [-0.3, -0.25) is 0 Å². The molecule has 1 aliphatic rings. The van der Waals surface area contributed by atoms with Crippen LogP contribution in [0.25, 0.3) is 0 Å². The summed E-state index contributed by atoms with van der Waals surface area (Å²) in [5, 5.41) is 3.07. The highest BCUT2D eigenvalue weighted by atomic mass is 28.3. The van der Waals surface area contributed by atoms with E-state index in [-0.39, 0.29) is 0 Å². The number of rotatable bonds is 4. The van der Waals surface area contributed by atoms with E-state index in [1.54, 1.807) is 0 Å². The maximum atomic E-state index is 2.68. The van der Waals surface area contributed by atoms with E-state index in [4.69, 9.17) is 0 Å². The first-order chi connectivity index (χ1) is 9.93. The van der Waals surface area contributed by atoms with Gasteiger partial charge < -0.3 is 4.90 Å². The topological polar surface area (TPSA) is 3.24 Å². The van der Waals surface area contributed by atoms with E-state index < -0.39 is 8.80 Å². The van der Waals surface area contributed by atoms with Gasteiger partial charge in [-0.2, -0.15) is 0 Å². The van der Waals surface area contributed by atoms with Crippen molar-refractivity contribution in [2.45, 2.75) is 19.3 Å². The van der Waals surface area contributed by atoms with Crippen LogP contribution in [0.4, 0.5) is 0 Å². The van der Waals surface area contributed by atoms with E-state index in [1.165, 1.54) is 48.9 Å². The van der Waals surface area contributed by atoms with Crippen LogP contribution in [-0.4, -0.2) is 33.0 Å². The standard InChI is InChI=1S/C18H22NSi/c1-4-10-17(11-5-1)20(18-12-6-2-7-13-18)16-19-14-8-3-9-15-19/h1-2,4-7,10-13H,3,8-9,14-16H2. The Morgan fingerprint density at radius 3 is 1.70 bits per heavy atom.